The Kier molecular flexibility index (Phi) is 2.80. The summed E-state index contributed by atoms with van der Waals surface area (Å²) in [6.07, 6.45) is -0.717. The van der Waals surface area contributed by atoms with E-state index in [0.29, 0.717) is 5.69 Å². The predicted molar refractivity (Wildman–Crippen MR) is 41.3 cm³/mol. The van der Waals surface area contributed by atoms with E-state index in [2.05, 4.69) is 5.10 Å². The third kappa shape index (κ3) is 1.63. The summed E-state index contributed by atoms with van der Waals surface area (Å²) in [5.41, 5.74) is 0.483. The van der Waals surface area contributed by atoms with Crippen molar-refractivity contribution in [2.24, 2.45) is 7.05 Å². The lowest BCUT2D eigenvalue weighted by molar-refractivity contribution is -0.0189. The maximum absolute atomic E-state index is 9.39. The summed E-state index contributed by atoms with van der Waals surface area (Å²) in [6, 6.07) is 1.59. The van der Waals surface area contributed by atoms with E-state index < -0.39 is 18.8 Å². The molecule has 1 heterocycles. The molecule has 0 aliphatic rings. The molecule has 0 bridgehead atoms. The van der Waals surface area contributed by atoms with E-state index in [0.717, 1.165) is 0 Å². The first-order chi connectivity index (χ1) is 5.66. The fraction of sp³-hybridized carbons (Fsp3) is 0.571. The van der Waals surface area contributed by atoms with Gasteiger partial charge in [0.05, 0.1) is 12.3 Å². The molecule has 5 heteroatoms. The molecule has 0 aliphatic heterocycles. The van der Waals surface area contributed by atoms with Gasteiger partial charge < -0.3 is 15.3 Å². The second-order valence-corrected chi connectivity index (χ2v) is 2.57. The molecule has 0 amide bonds. The minimum Gasteiger partial charge on any atom is -0.394 e. The van der Waals surface area contributed by atoms with Crippen LogP contribution in [0.15, 0.2) is 12.3 Å². The Labute approximate surface area is 69.9 Å². The van der Waals surface area contributed by atoms with E-state index in [1.165, 1.54) is 10.9 Å². The van der Waals surface area contributed by atoms with E-state index in [1.54, 1.807) is 13.1 Å². The zero-order chi connectivity index (χ0) is 9.14. The average molecular weight is 172 g/mol. The molecule has 5 nitrogen and oxygen atoms in total. The molecule has 2 atom stereocenters. The zero-order valence-electron chi connectivity index (χ0n) is 6.75. The van der Waals surface area contributed by atoms with Crippen molar-refractivity contribution in [3.8, 4) is 0 Å². The smallest absolute Gasteiger partial charge is 0.124 e. The summed E-state index contributed by atoms with van der Waals surface area (Å²) in [5, 5.41) is 30.8. The van der Waals surface area contributed by atoms with Gasteiger partial charge in [0.15, 0.2) is 0 Å². The van der Waals surface area contributed by atoms with E-state index in [-0.39, 0.29) is 0 Å². The first-order valence-corrected chi connectivity index (χ1v) is 3.61. The summed E-state index contributed by atoms with van der Waals surface area (Å²) in [4.78, 5) is 0. The molecule has 0 aromatic carbocycles. The van der Waals surface area contributed by atoms with Gasteiger partial charge in [-0.05, 0) is 6.07 Å². The lowest BCUT2D eigenvalue weighted by Gasteiger charge is -2.15. The summed E-state index contributed by atoms with van der Waals surface area (Å²) < 4.78 is 1.45. The highest BCUT2D eigenvalue weighted by atomic mass is 16.4. The zero-order valence-corrected chi connectivity index (χ0v) is 6.75. The van der Waals surface area contributed by atoms with Crippen LogP contribution in [0.5, 0.6) is 0 Å². The van der Waals surface area contributed by atoms with Crippen LogP contribution in [0.4, 0.5) is 0 Å². The van der Waals surface area contributed by atoms with E-state index in [9.17, 15) is 5.11 Å². The maximum Gasteiger partial charge on any atom is 0.124 e. The highest BCUT2D eigenvalue weighted by molar-refractivity contribution is 5.05. The fourth-order valence-electron chi connectivity index (χ4n) is 0.971. The van der Waals surface area contributed by atoms with Crippen LogP contribution in [-0.4, -0.2) is 37.8 Å². The molecule has 0 radical (unpaired) electrons. The summed E-state index contributed by atoms with van der Waals surface area (Å²) >= 11 is 0. The van der Waals surface area contributed by atoms with Crippen molar-refractivity contribution in [1.29, 1.82) is 0 Å². The molecular weight excluding hydrogens is 160 g/mol. The van der Waals surface area contributed by atoms with Gasteiger partial charge in [0.1, 0.15) is 12.2 Å². The Balaban J connectivity index is 2.77. The van der Waals surface area contributed by atoms with Crippen LogP contribution in [-0.2, 0) is 7.05 Å². The molecule has 0 aliphatic carbocycles. The van der Waals surface area contributed by atoms with Gasteiger partial charge in [-0.15, -0.1) is 0 Å². The normalized spacial score (nSPS) is 16.0. The van der Waals surface area contributed by atoms with Crippen LogP contribution < -0.4 is 0 Å². The van der Waals surface area contributed by atoms with E-state index >= 15 is 0 Å². The Morgan fingerprint density at radius 2 is 2.25 bits per heavy atom. The van der Waals surface area contributed by atoms with Crippen LogP contribution in [0.3, 0.4) is 0 Å². The van der Waals surface area contributed by atoms with E-state index in [1.807, 2.05) is 0 Å². The topological polar surface area (TPSA) is 78.5 Å². The number of rotatable bonds is 3. The maximum atomic E-state index is 9.39. The highest BCUT2D eigenvalue weighted by Crippen LogP contribution is 2.14. The molecule has 1 rings (SSSR count). The minimum atomic E-state index is -1.15. The fourth-order valence-corrected chi connectivity index (χ4v) is 0.971. The molecule has 0 saturated carbocycles. The second kappa shape index (κ2) is 3.66. The van der Waals surface area contributed by atoms with Gasteiger partial charge in [0.25, 0.3) is 0 Å². The van der Waals surface area contributed by atoms with Gasteiger partial charge in [0, 0.05) is 13.2 Å². The summed E-state index contributed by atoms with van der Waals surface area (Å²) in [5.74, 6) is 0. The molecule has 0 saturated heterocycles. The van der Waals surface area contributed by atoms with Gasteiger partial charge in [0.2, 0.25) is 0 Å². The van der Waals surface area contributed by atoms with Crippen LogP contribution in [0, 0.1) is 0 Å². The summed E-state index contributed by atoms with van der Waals surface area (Å²) in [6.45, 7) is -0.466. The molecule has 1 aromatic rings. The predicted octanol–water partition coefficient (Wildman–Crippen LogP) is -1.19. The Morgan fingerprint density at radius 1 is 1.58 bits per heavy atom. The lowest BCUT2D eigenvalue weighted by Crippen LogP contribution is -2.23. The summed E-state index contributed by atoms with van der Waals surface area (Å²) in [7, 11) is 1.66. The Morgan fingerprint density at radius 3 is 2.67 bits per heavy atom. The number of aromatic nitrogens is 2. The Hall–Kier alpha value is -0.910. The highest BCUT2D eigenvalue weighted by Gasteiger charge is 2.19. The van der Waals surface area contributed by atoms with Gasteiger partial charge in [-0.3, -0.25) is 4.68 Å². The number of aliphatic hydroxyl groups excluding tert-OH is 3. The molecule has 1 aromatic heterocycles. The van der Waals surface area contributed by atoms with Gasteiger partial charge in [-0.25, -0.2) is 0 Å². The number of aliphatic hydroxyl groups is 3. The van der Waals surface area contributed by atoms with Gasteiger partial charge in [-0.1, -0.05) is 0 Å². The van der Waals surface area contributed by atoms with Crippen molar-refractivity contribution in [3.05, 3.63) is 18.0 Å². The average Bonchev–Trinajstić information content (AvgIpc) is 2.48. The Bertz CT molecular complexity index is 249. The first-order valence-electron chi connectivity index (χ1n) is 3.61. The molecule has 2 unspecified atom stereocenters. The number of nitrogens with zero attached hydrogens (tertiary/aromatic N) is 2. The van der Waals surface area contributed by atoms with Crippen molar-refractivity contribution in [2.45, 2.75) is 12.2 Å². The van der Waals surface area contributed by atoms with Gasteiger partial charge in [-0.2, -0.15) is 5.10 Å². The van der Waals surface area contributed by atoms with Crippen LogP contribution in [0.25, 0.3) is 0 Å². The van der Waals surface area contributed by atoms with Crippen molar-refractivity contribution >= 4 is 0 Å². The monoisotopic (exact) mass is 172 g/mol. The molecule has 0 fully saturated rings. The number of hydrogen-bond donors (Lipinski definition) is 3. The SMILES string of the molecule is Cn1nccc1C(O)C(O)CO. The third-order valence-corrected chi connectivity index (χ3v) is 1.71. The molecule has 3 N–H and O–H groups in total. The van der Waals surface area contributed by atoms with Crippen molar-refractivity contribution in [2.75, 3.05) is 6.61 Å². The largest absolute Gasteiger partial charge is 0.394 e. The van der Waals surface area contributed by atoms with Crippen molar-refractivity contribution in [3.63, 3.8) is 0 Å². The number of aryl methyl sites for hydroxylation is 1. The van der Waals surface area contributed by atoms with E-state index in [4.69, 9.17) is 10.2 Å². The van der Waals surface area contributed by atoms with Crippen LogP contribution in [0.2, 0.25) is 0 Å². The van der Waals surface area contributed by atoms with Crippen molar-refractivity contribution < 1.29 is 15.3 Å². The molecule has 0 spiro atoms. The van der Waals surface area contributed by atoms with Crippen LogP contribution >= 0.6 is 0 Å². The third-order valence-electron chi connectivity index (χ3n) is 1.71. The molecular formula is C7H12N2O3. The number of hydrogen-bond acceptors (Lipinski definition) is 4. The quantitative estimate of drug-likeness (QED) is 0.535. The van der Waals surface area contributed by atoms with Crippen LogP contribution in [0.1, 0.15) is 11.8 Å². The second-order valence-electron chi connectivity index (χ2n) is 2.57. The molecule has 68 valence electrons. The minimum absolute atomic E-state index is 0.466. The standard InChI is InChI=1S/C7H12N2O3/c1-9-5(2-3-8-9)7(12)6(11)4-10/h2-3,6-7,10-12H,4H2,1H3. The van der Waals surface area contributed by atoms with Gasteiger partial charge >= 0.3 is 0 Å². The molecule has 12 heavy (non-hydrogen) atoms. The lowest BCUT2D eigenvalue weighted by atomic mass is 10.1. The van der Waals surface area contributed by atoms with Crippen molar-refractivity contribution in [1.82, 2.24) is 9.78 Å². The first kappa shape index (κ1) is 9.18.